The van der Waals surface area contributed by atoms with Crippen LogP contribution in [0.25, 0.3) is 0 Å². The second-order valence-corrected chi connectivity index (χ2v) is 13.2. The molecule has 1 aromatic rings. The summed E-state index contributed by atoms with van der Waals surface area (Å²) in [4.78, 5) is 57.6. The van der Waals surface area contributed by atoms with E-state index in [1.807, 2.05) is 32.0 Å². The largest absolute Gasteiger partial charge is 0.460 e. The number of halogens is 1. The van der Waals surface area contributed by atoms with Crippen LogP contribution in [0.15, 0.2) is 43.5 Å². The smallest absolute Gasteiger partial charge is 0.312 e. The summed E-state index contributed by atoms with van der Waals surface area (Å²) < 4.78 is 12.4. The Hall–Kier alpha value is -3.02. The van der Waals surface area contributed by atoms with Crippen LogP contribution in [0.2, 0.25) is 0 Å². The summed E-state index contributed by atoms with van der Waals surface area (Å²) in [6.07, 6.45) is 4.17. The predicted octanol–water partition coefficient (Wildman–Crippen LogP) is 3.36. The van der Waals surface area contributed by atoms with Crippen molar-refractivity contribution in [1.29, 1.82) is 0 Å². The molecule has 0 radical (unpaired) electrons. The first-order valence-corrected chi connectivity index (χ1v) is 16.2. The summed E-state index contributed by atoms with van der Waals surface area (Å²) in [7, 11) is 0. The Kier molecular flexibility index (Phi) is 11.1. The number of anilines is 1. The van der Waals surface area contributed by atoms with Gasteiger partial charge in [0.25, 0.3) is 5.91 Å². The number of alkyl halides is 1. The molecule has 1 unspecified atom stereocenters. The molecule has 4 rings (SSSR count). The first kappa shape index (κ1) is 33.9. The van der Waals surface area contributed by atoms with Gasteiger partial charge in [-0.1, -0.05) is 40.2 Å². The van der Waals surface area contributed by atoms with Crippen molar-refractivity contribution in [3.8, 4) is 0 Å². The SMILES string of the molecule is C=CCCC(=O)NC[C@H](C)OC(=O)[C@H]1[C@@H]2O[C@@]3(CC2Br)[C@@H]1C(=O)N(CCCCO)[C@@H]3C(=O)N(CC=C)c1cc(C)ccc1C. The van der Waals surface area contributed by atoms with Gasteiger partial charge in [-0.2, -0.15) is 0 Å². The van der Waals surface area contributed by atoms with Crippen LogP contribution in [0.3, 0.4) is 0 Å². The zero-order valence-electron chi connectivity index (χ0n) is 25.8. The molecule has 2 N–H and O–H groups in total. The lowest BCUT2D eigenvalue weighted by molar-refractivity contribution is -0.159. The topological polar surface area (TPSA) is 125 Å². The maximum absolute atomic E-state index is 14.7. The third kappa shape index (κ3) is 6.50. The van der Waals surface area contributed by atoms with Crippen molar-refractivity contribution >= 4 is 45.3 Å². The molecule has 3 heterocycles. The van der Waals surface area contributed by atoms with Gasteiger partial charge in [0, 0.05) is 36.6 Å². The number of esters is 1. The number of hydrogen-bond acceptors (Lipinski definition) is 7. The summed E-state index contributed by atoms with van der Waals surface area (Å²) in [5.74, 6) is -3.22. The number of carbonyl (C=O) groups is 4. The number of rotatable bonds is 15. The zero-order chi connectivity index (χ0) is 32.2. The Bertz CT molecular complexity index is 1290. The first-order valence-electron chi connectivity index (χ1n) is 15.3. The van der Waals surface area contributed by atoms with E-state index in [0.29, 0.717) is 32.1 Å². The molecular weight excluding hydrogens is 630 g/mol. The number of unbranched alkanes of at least 4 members (excludes halogenated alkanes) is 1. The van der Waals surface area contributed by atoms with Gasteiger partial charge in [-0.25, -0.2) is 0 Å². The molecule has 3 fully saturated rings. The number of aryl methyl sites for hydroxylation is 2. The highest BCUT2D eigenvalue weighted by atomic mass is 79.9. The second kappa shape index (κ2) is 14.4. The standard InChI is InChI=1S/C33H44BrN3O7/c1-6-8-11-25(39)35-19-22(5)43-32(42)26-27-30(40)37(15-9-10-16-38)29(33(27)18-23(34)28(26)44-33)31(41)36(14-7-2)24-17-20(3)12-13-21(24)4/h6-7,12-13,17,22-23,26-29,38H,1-2,8-11,14-16,18-19H2,3-5H3,(H,35,39)/t22-,23?,26+,27-,28+,29+,33-/m0/s1. The minimum atomic E-state index is -1.24. The van der Waals surface area contributed by atoms with Crippen molar-refractivity contribution in [1.82, 2.24) is 10.2 Å². The quantitative estimate of drug-likeness (QED) is 0.127. The van der Waals surface area contributed by atoms with Crippen molar-refractivity contribution in [3.63, 3.8) is 0 Å². The van der Waals surface area contributed by atoms with Crippen LogP contribution < -0.4 is 10.2 Å². The Morgan fingerprint density at radius 1 is 1.27 bits per heavy atom. The molecule has 11 heteroatoms. The molecule has 240 valence electrons. The summed E-state index contributed by atoms with van der Waals surface area (Å²) in [6.45, 7) is 13.6. The van der Waals surface area contributed by atoms with E-state index in [4.69, 9.17) is 9.47 Å². The molecule has 3 aliphatic rings. The van der Waals surface area contributed by atoms with Gasteiger partial charge in [0.05, 0.1) is 24.5 Å². The molecule has 1 spiro atoms. The summed E-state index contributed by atoms with van der Waals surface area (Å²) in [5, 5.41) is 12.2. The highest BCUT2D eigenvalue weighted by molar-refractivity contribution is 9.09. The maximum Gasteiger partial charge on any atom is 0.312 e. The molecule has 1 aromatic carbocycles. The number of allylic oxidation sites excluding steroid dienone is 1. The Morgan fingerprint density at radius 2 is 2.02 bits per heavy atom. The second-order valence-electron chi connectivity index (χ2n) is 12.0. The van der Waals surface area contributed by atoms with Gasteiger partial charge in [-0.15, -0.1) is 13.2 Å². The van der Waals surface area contributed by atoms with E-state index in [1.54, 1.807) is 28.9 Å². The van der Waals surface area contributed by atoms with E-state index in [9.17, 15) is 24.3 Å². The van der Waals surface area contributed by atoms with Gasteiger partial charge in [0.2, 0.25) is 11.8 Å². The van der Waals surface area contributed by atoms with E-state index < -0.39 is 41.7 Å². The summed E-state index contributed by atoms with van der Waals surface area (Å²) >= 11 is 3.69. The zero-order valence-corrected chi connectivity index (χ0v) is 27.4. The third-order valence-corrected chi connectivity index (χ3v) is 9.66. The maximum atomic E-state index is 14.7. The number of hydrogen-bond donors (Lipinski definition) is 2. The van der Waals surface area contributed by atoms with Crippen LogP contribution in [0.5, 0.6) is 0 Å². The number of aliphatic hydroxyl groups is 1. The molecule has 3 amide bonds. The molecule has 44 heavy (non-hydrogen) atoms. The number of nitrogens with zero attached hydrogens (tertiary/aromatic N) is 2. The fourth-order valence-electron chi connectivity index (χ4n) is 6.80. The van der Waals surface area contributed by atoms with Crippen LogP contribution in [0.1, 0.15) is 50.2 Å². The van der Waals surface area contributed by atoms with Crippen molar-refractivity contribution in [2.45, 2.75) is 81.6 Å². The van der Waals surface area contributed by atoms with Gasteiger partial charge in [-0.05, 0) is 63.6 Å². The van der Waals surface area contributed by atoms with Crippen molar-refractivity contribution in [3.05, 3.63) is 54.6 Å². The number of carbonyl (C=O) groups excluding carboxylic acids is 4. The normalized spacial score (nSPS) is 27.5. The van der Waals surface area contributed by atoms with Crippen LogP contribution >= 0.6 is 15.9 Å². The minimum Gasteiger partial charge on any atom is -0.460 e. The van der Waals surface area contributed by atoms with E-state index in [-0.39, 0.29) is 48.8 Å². The number of nitrogens with one attached hydrogen (secondary N) is 1. The number of ether oxygens (including phenoxy) is 2. The van der Waals surface area contributed by atoms with Crippen LogP contribution in [-0.2, 0) is 28.7 Å². The molecule has 0 saturated carbocycles. The van der Waals surface area contributed by atoms with Crippen molar-refractivity contribution in [2.75, 3.05) is 31.1 Å². The number of aliphatic hydroxyl groups excluding tert-OH is 1. The molecule has 2 bridgehead atoms. The molecule has 7 atom stereocenters. The van der Waals surface area contributed by atoms with E-state index >= 15 is 0 Å². The summed E-state index contributed by atoms with van der Waals surface area (Å²) in [6, 6.07) is 4.89. The van der Waals surface area contributed by atoms with Crippen molar-refractivity contribution in [2.24, 2.45) is 11.8 Å². The lowest BCUT2D eigenvalue weighted by atomic mass is 9.70. The van der Waals surface area contributed by atoms with Gasteiger partial charge in [0.15, 0.2) is 0 Å². The molecule has 0 aliphatic carbocycles. The average Bonchev–Trinajstić information content (AvgIpc) is 3.58. The summed E-state index contributed by atoms with van der Waals surface area (Å²) in [5.41, 5.74) is 1.37. The lowest BCUT2D eigenvalue weighted by Crippen LogP contribution is -2.57. The third-order valence-electron chi connectivity index (χ3n) is 8.82. The van der Waals surface area contributed by atoms with Crippen molar-refractivity contribution < 1.29 is 33.8 Å². The number of benzene rings is 1. The highest BCUT2D eigenvalue weighted by Crippen LogP contribution is 2.60. The Labute approximate surface area is 267 Å². The molecule has 10 nitrogen and oxygen atoms in total. The predicted molar refractivity (Wildman–Crippen MR) is 170 cm³/mol. The highest BCUT2D eigenvalue weighted by Gasteiger charge is 2.77. The Morgan fingerprint density at radius 3 is 2.70 bits per heavy atom. The number of amides is 3. The lowest BCUT2D eigenvalue weighted by Gasteiger charge is -2.37. The van der Waals surface area contributed by atoms with E-state index in [0.717, 1.165) is 16.8 Å². The first-order chi connectivity index (χ1) is 21.0. The molecular formula is C33H44BrN3O7. The van der Waals surface area contributed by atoms with Gasteiger partial charge in [-0.3, -0.25) is 19.2 Å². The molecule has 3 saturated heterocycles. The fourth-order valence-corrected chi connectivity index (χ4v) is 7.75. The van der Waals surface area contributed by atoms with Crippen LogP contribution in [-0.4, -0.2) is 88.6 Å². The van der Waals surface area contributed by atoms with Gasteiger partial charge >= 0.3 is 5.97 Å². The molecule has 3 aliphatic heterocycles. The van der Waals surface area contributed by atoms with E-state index in [2.05, 4.69) is 34.4 Å². The van der Waals surface area contributed by atoms with E-state index in [1.165, 1.54) is 0 Å². The fraction of sp³-hybridized carbons (Fsp3) is 0.576. The minimum absolute atomic E-state index is 0.0424. The van der Waals surface area contributed by atoms with Crippen LogP contribution in [0, 0.1) is 25.7 Å². The average molecular weight is 675 g/mol. The Balaban J connectivity index is 1.65. The monoisotopic (exact) mass is 673 g/mol. The molecule has 0 aromatic heterocycles. The van der Waals surface area contributed by atoms with Gasteiger partial charge in [0.1, 0.15) is 17.7 Å². The van der Waals surface area contributed by atoms with Crippen LogP contribution in [0.4, 0.5) is 5.69 Å². The number of likely N-dealkylation sites (tertiary alicyclic amines) is 1. The number of fused-ring (bicyclic) bond motifs is 1. The van der Waals surface area contributed by atoms with Gasteiger partial charge < -0.3 is 29.7 Å².